The number of anilines is 1. The van der Waals surface area contributed by atoms with Crippen molar-refractivity contribution in [2.45, 2.75) is 6.42 Å². The van der Waals surface area contributed by atoms with Crippen LogP contribution in [-0.2, 0) is 6.42 Å². The first-order valence-corrected chi connectivity index (χ1v) is 10.8. The second kappa shape index (κ2) is 9.28. The van der Waals surface area contributed by atoms with Gasteiger partial charge in [0.2, 0.25) is 5.88 Å². The molecule has 1 saturated heterocycles. The molecule has 0 bridgehead atoms. The molecule has 1 aliphatic rings. The van der Waals surface area contributed by atoms with Crippen molar-refractivity contribution in [2.24, 2.45) is 0 Å². The topological polar surface area (TPSA) is 54.4 Å². The number of benzene rings is 2. The Morgan fingerprint density at radius 1 is 0.875 bits per heavy atom. The Morgan fingerprint density at radius 3 is 2.53 bits per heavy atom. The van der Waals surface area contributed by atoms with Crippen LogP contribution >= 0.6 is 0 Å². The normalized spacial score (nSPS) is 14.6. The lowest BCUT2D eigenvalue weighted by atomic mass is 10.1. The third-order valence-electron chi connectivity index (χ3n) is 5.76. The number of hydrogen-bond acceptors (Lipinski definition) is 6. The van der Waals surface area contributed by atoms with Gasteiger partial charge in [0.25, 0.3) is 0 Å². The van der Waals surface area contributed by atoms with E-state index in [2.05, 4.69) is 24.8 Å². The molecule has 6 nitrogen and oxygen atoms in total. The van der Waals surface area contributed by atoms with Gasteiger partial charge in [0.05, 0.1) is 0 Å². The molecule has 0 unspecified atom stereocenters. The van der Waals surface area contributed by atoms with Gasteiger partial charge in [0.15, 0.2) is 5.75 Å². The molecule has 1 fully saturated rings. The first kappa shape index (κ1) is 20.3. The summed E-state index contributed by atoms with van der Waals surface area (Å²) in [5.74, 6) is 1.86. The zero-order valence-electron chi connectivity index (χ0n) is 17.7. The van der Waals surface area contributed by atoms with Crippen LogP contribution in [0.4, 0.5) is 10.2 Å². The molecule has 0 saturated carbocycles. The number of fused-ring (bicyclic) bond motifs is 1. The quantitative estimate of drug-likeness (QED) is 0.455. The predicted octanol–water partition coefficient (Wildman–Crippen LogP) is 4.32. The maximum absolute atomic E-state index is 13.1. The van der Waals surface area contributed by atoms with E-state index in [-0.39, 0.29) is 5.82 Å². The van der Waals surface area contributed by atoms with Crippen LogP contribution in [0.1, 0.15) is 5.56 Å². The average molecular weight is 429 g/mol. The van der Waals surface area contributed by atoms with E-state index in [9.17, 15) is 4.39 Å². The lowest BCUT2D eigenvalue weighted by Gasteiger charge is -2.35. The standard InChI is InChI=1S/C25H24FN5O/c26-21-8-6-19(7-9-21)10-12-30-13-15-31(16-14-30)23-17-24(29-18-28-23)32-22-5-1-3-20-4-2-11-27-25(20)22/h1-9,11,17-18H,10,12-16H2. The van der Waals surface area contributed by atoms with E-state index in [0.29, 0.717) is 11.6 Å². The smallest absolute Gasteiger partial charge is 0.224 e. The van der Waals surface area contributed by atoms with Crippen molar-refractivity contribution < 1.29 is 9.13 Å². The van der Waals surface area contributed by atoms with Crippen molar-refractivity contribution in [2.75, 3.05) is 37.6 Å². The Kier molecular flexibility index (Phi) is 5.89. The van der Waals surface area contributed by atoms with E-state index in [4.69, 9.17) is 4.74 Å². The first-order valence-electron chi connectivity index (χ1n) is 10.8. The third-order valence-corrected chi connectivity index (χ3v) is 5.76. The van der Waals surface area contributed by atoms with Crippen molar-refractivity contribution in [3.63, 3.8) is 0 Å². The Labute approximate surface area is 186 Å². The van der Waals surface area contributed by atoms with E-state index >= 15 is 0 Å². The van der Waals surface area contributed by atoms with Gasteiger partial charge in [-0.15, -0.1) is 0 Å². The molecule has 7 heteroatoms. The minimum Gasteiger partial charge on any atom is -0.437 e. The van der Waals surface area contributed by atoms with Crippen LogP contribution in [0.3, 0.4) is 0 Å². The molecule has 0 atom stereocenters. The number of halogens is 1. The molecule has 32 heavy (non-hydrogen) atoms. The number of piperazine rings is 1. The minimum absolute atomic E-state index is 0.188. The predicted molar refractivity (Wildman–Crippen MR) is 123 cm³/mol. The van der Waals surface area contributed by atoms with Gasteiger partial charge in [-0.3, -0.25) is 9.88 Å². The molecule has 0 amide bonds. The molecular formula is C25H24FN5O. The van der Waals surface area contributed by atoms with Gasteiger partial charge in [-0.05, 0) is 36.2 Å². The monoisotopic (exact) mass is 429 g/mol. The molecule has 0 N–H and O–H groups in total. The summed E-state index contributed by atoms with van der Waals surface area (Å²) in [6.45, 7) is 4.64. The highest BCUT2D eigenvalue weighted by molar-refractivity contribution is 5.84. The Morgan fingerprint density at radius 2 is 1.69 bits per heavy atom. The van der Waals surface area contributed by atoms with Gasteiger partial charge in [-0.1, -0.05) is 30.3 Å². The number of rotatable bonds is 6. The highest BCUT2D eigenvalue weighted by atomic mass is 19.1. The van der Waals surface area contributed by atoms with Crippen LogP contribution in [0, 0.1) is 5.82 Å². The largest absolute Gasteiger partial charge is 0.437 e. The lowest BCUT2D eigenvalue weighted by Crippen LogP contribution is -2.47. The summed E-state index contributed by atoms with van der Waals surface area (Å²) < 4.78 is 19.1. The zero-order chi connectivity index (χ0) is 21.8. The summed E-state index contributed by atoms with van der Waals surface area (Å²) in [4.78, 5) is 17.9. The van der Waals surface area contributed by atoms with E-state index in [1.54, 1.807) is 12.5 Å². The van der Waals surface area contributed by atoms with Gasteiger partial charge in [-0.2, -0.15) is 0 Å². The molecule has 2 aromatic carbocycles. The summed E-state index contributed by atoms with van der Waals surface area (Å²) in [5.41, 5.74) is 1.97. The summed E-state index contributed by atoms with van der Waals surface area (Å²) in [5, 5.41) is 1.02. The lowest BCUT2D eigenvalue weighted by molar-refractivity contribution is 0.260. The van der Waals surface area contributed by atoms with Crippen LogP contribution < -0.4 is 9.64 Å². The second-order valence-electron chi connectivity index (χ2n) is 7.85. The first-order chi connectivity index (χ1) is 15.7. The van der Waals surface area contributed by atoms with Crippen LogP contribution in [-0.4, -0.2) is 52.6 Å². The number of pyridine rings is 1. The van der Waals surface area contributed by atoms with E-state index in [1.165, 1.54) is 12.1 Å². The van der Waals surface area contributed by atoms with E-state index in [0.717, 1.165) is 61.4 Å². The number of hydrogen-bond donors (Lipinski definition) is 0. The molecule has 5 rings (SSSR count). The second-order valence-corrected chi connectivity index (χ2v) is 7.85. The minimum atomic E-state index is -0.188. The van der Waals surface area contributed by atoms with Crippen molar-refractivity contribution in [1.82, 2.24) is 19.9 Å². The van der Waals surface area contributed by atoms with Gasteiger partial charge >= 0.3 is 0 Å². The fraction of sp³-hybridized carbons (Fsp3) is 0.240. The summed E-state index contributed by atoms with van der Waals surface area (Å²) in [6, 6.07) is 18.4. The van der Waals surface area contributed by atoms with E-state index in [1.807, 2.05) is 48.5 Å². The fourth-order valence-corrected chi connectivity index (χ4v) is 3.97. The van der Waals surface area contributed by atoms with Crippen molar-refractivity contribution in [3.8, 4) is 11.6 Å². The Balaban J connectivity index is 1.20. The molecular weight excluding hydrogens is 405 g/mol. The maximum atomic E-state index is 13.1. The molecule has 0 aliphatic carbocycles. The van der Waals surface area contributed by atoms with Crippen LogP contribution in [0.25, 0.3) is 10.9 Å². The van der Waals surface area contributed by atoms with Crippen LogP contribution in [0.2, 0.25) is 0 Å². The van der Waals surface area contributed by atoms with Gasteiger partial charge in [0, 0.05) is 50.4 Å². The summed E-state index contributed by atoms with van der Waals surface area (Å²) in [7, 11) is 0. The number of nitrogens with zero attached hydrogens (tertiary/aromatic N) is 5. The van der Waals surface area contributed by atoms with Gasteiger partial charge < -0.3 is 9.64 Å². The maximum Gasteiger partial charge on any atom is 0.224 e. The summed E-state index contributed by atoms with van der Waals surface area (Å²) in [6.07, 6.45) is 4.23. The van der Waals surface area contributed by atoms with Crippen molar-refractivity contribution >= 4 is 16.7 Å². The van der Waals surface area contributed by atoms with Crippen LogP contribution in [0.15, 0.2) is 73.2 Å². The van der Waals surface area contributed by atoms with Gasteiger partial charge in [0.1, 0.15) is 23.5 Å². The summed E-state index contributed by atoms with van der Waals surface area (Å²) >= 11 is 0. The van der Waals surface area contributed by atoms with Crippen LogP contribution in [0.5, 0.6) is 11.6 Å². The number of aromatic nitrogens is 3. The van der Waals surface area contributed by atoms with Crippen molar-refractivity contribution in [3.05, 3.63) is 84.6 Å². The highest BCUT2D eigenvalue weighted by Gasteiger charge is 2.19. The molecule has 162 valence electrons. The number of para-hydroxylation sites is 1. The molecule has 3 heterocycles. The number of ether oxygens (including phenoxy) is 1. The average Bonchev–Trinajstić information content (AvgIpc) is 2.84. The molecule has 2 aromatic heterocycles. The van der Waals surface area contributed by atoms with E-state index < -0.39 is 0 Å². The molecule has 1 aliphatic heterocycles. The Hall–Kier alpha value is -3.58. The molecule has 4 aromatic rings. The van der Waals surface area contributed by atoms with Gasteiger partial charge in [-0.25, -0.2) is 14.4 Å². The highest BCUT2D eigenvalue weighted by Crippen LogP contribution is 2.28. The SMILES string of the molecule is Fc1ccc(CCN2CCN(c3cc(Oc4cccc5cccnc45)ncn3)CC2)cc1. The van der Waals surface area contributed by atoms with Crippen molar-refractivity contribution in [1.29, 1.82) is 0 Å². The zero-order valence-corrected chi connectivity index (χ0v) is 17.7. The Bertz CT molecular complexity index is 1190. The third kappa shape index (κ3) is 4.68. The molecule has 0 radical (unpaired) electrons. The fourth-order valence-electron chi connectivity index (χ4n) is 3.97. The molecule has 0 spiro atoms.